The predicted molar refractivity (Wildman–Crippen MR) is 88.7 cm³/mol. The standard InChI is InChI=1S/C18H28N2O2/c1-15(2)19-11-10-16-9-6-12-20(13-16)18(21)22-14-17-7-4-3-5-8-17/h3-5,7-8,15-16,19H,6,9-14H2,1-2H3/t16-/m0/s1. The predicted octanol–water partition coefficient (Wildman–Crippen LogP) is 3.42. The van der Waals surface area contributed by atoms with Gasteiger partial charge < -0.3 is 15.0 Å². The average molecular weight is 304 g/mol. The number of benzene rings is 1. The van der Waals surface area contributed by atoms with Gasteiger partial charge in [-0.15, -0.1) is 0 Å². The van der Waals surface area contributed by atoms with Gasteiger partial charge in [0.25, 0.3) is 0 Å². The molecule has 1 atom stereocenters. The van der Waals surface area contributed by atoms with Crippen molar-refractivity contribution in [1.82, 2.24) is 10.2 Å². The number of nitrogens with one attached hydrogen (secondary N) is 1. The van der Waals surface area contributed by atoms with E-state index < -0.39 is 0 Å². The summed E-state index contributed by atoms with van der Waals surface area (Å²) in [5.74, 6) is 0.587. The molecule has 4 heteroatoms. The first kappa shape index (κ1) is 16.8. The molecular formula is C18H28N2O2. The molecule has 22 heavy (non-hydrogen) atoms. The topological polar surface area (TPSA) is 41.6 Å². The summed E-state index contributed by atoms with van der Waals surface area (Å²) in [6, 6.07) is 10.4. The van der Waals surface area contributed by atoms with E-state index >= 15 is 0 Å². The molecule has 0 saturated carbocycles. The van der Waals surface area contributed by atoms with Crippen molar-refractivity contribution in [2.24, 2.45) is 5.92 Å². The zero-order chi connectivity index (χ0) is 15.8. The average Bonchev–Trinajstić information content (AvgIpc) is 2.53. The molecule has 0 spiro atoms. The lowest BCUT2D eigenvalue weighted by Gasteiger charge is -2.32. The first-order valence-corrected chi connectivity index (χ1v) is 8.34. The van der Waals surface area contributed by atoms with Gasteiger partial charge in [-0.25, -0.2) is 4.79 Å². The van der Waals surface area contributed by atoms with Crippen molar-refractivity contribution in [3.8, 4) is 0 Å². The minimum Gasteiger partial charge on any atom is -0.445 e. The second-order valence-electron chi connectivity index (χ2n) is 6.39. The molecule has 4 nitrogen and oxygen atoms in total. The number of ether oxygens (including phenoxy) is 1. The number of hydrogen-bond donors (Lipinski definition) is 1. The lowest BCUT2D eigenvalue weighted by atomic mass is 9.95. The molecule has 1 fully saturated rings. The maximum Gasteiger partial charge on any atom is 0.410 e. The highest BCUT2D eigenvalue weighted by atomic mass is 16.6. The van der Waals surface area contributed by atoms with Gasteiger partial charge in [0.05, 0.1) is 0 Å². The van der Waals surface area contributed by atoms with E-state index in [0.717, 1.165) is 38.0 Å². The Hall–Kier alpha value is -1.55. The molecule has 1 aliphatic rings. The van der Waals surface area contributed by atoms with Crippen LogP contribution in [0.3, 0.4) is 0 Å². The van der Waals surface area contributed by atoms with Gasteiger partial charge in [0.2, 0.25) is 0 Å². The molecule has 0 bridgehead atoms. The molecule has 1 aromatic carbocycles. The Morgan fingerprint density at radius 2 is 2.14 bits per heavy atom. The smallest absolute Gasteiger partial charge is 0.410 e. The van der Waals surface area contributed by atoms with Gasteiger partial charge in [0.15, 0.2) is 0 Å². The van der Waals surface area contributed by atoms with Crippen LogP contribution in [-0.2, 0) is 11.3 Å². The fourth-order valence-electron chi connectivity index (χ4n) is 2.85. The van der Waals surface area contributed by atoms with Gasteiger partial charge >= 0.3 is 6.09 Å². The number of hydrogen-bond acceptors (Lipinski definition) is 3. The summed E-state index contributed by atoms with van der Waals surface area (Å²) in [6.45, 7) is 7.35. The van der Waals surface area contributed by atoms with Crippen molar-refractivity contribution in [3.05, 3.63) is 35.9 Å². The van der Waals surface area contributed by atoms with Crippen LogP contribution in [0.1, 0.15) is 38.7 Å². The largest absolute Gasteiger partial charge is 0.445 e. The third-order valence-corrected chi connectivity index (χ3v) is 4.09. The highest BCUT2D eigenvalue weighted by Gasteiger charge is 2.24. The van der Waals surface area contributed by atoms with E-state index in [9.17, 15) is 4.79 Å². The Kier molecular flexibility index (Phi) is 6.72. The van der Waals surface area contributed by atoms with Crippen LogP contribution in [-0.4, -0.2) is 36.7 Å². The van der Waals surface area contributed by atoms with E-state index in [1.807, 2.05) is 35.2 Å². The second kappa shape index (κ2) is 8.79. The summed E-state index contributed by atoms with van der Waals surface area (Å²) < 4.78 is 5.43. The molecule has 0 aromatic heterocycles. The highest BCUT2D eigenvalue weighted by molar-refractivity contribution is 5.67. The van der Waals surface area contributed by atoms with Crippen molar-refractivity contribution in [1.29, 1.82) is 0 Å². The monoisotopic (exact) mass is 304 g/mol. The molecule has 1 N–H and O–H groups in total. The third kappa shape index (κ3) is 5.68. The van der Waals surface area contributed by atoms with Gasteiger partial charge in [-0.2, -0.15) is 0 Å². The molecular weight excluding hydrogens is 276 g/mol. The molecule has 1 heterocycles. The van der Waals surface area contributed by atoms with Crippen LogP contribution in [0, 0.1) is 5.92 Å². The summed E-state index contributed by atoms with van der Waals surface area (Å²) in [4.78, 5) is 14.1. The van der Waals surface area contributed by atoms with Crippen molar-refractivity contribution in [2.45, 2.75) is 45.8 Å². The zero-order valence-electron chi connectivity index (χ0n) is 13.8. The van der Waals surface area contributed by atoms with Gasteiger partial charge in [0, 0.05) is 19.1 Å². The van der Waals surface area contributed by atoms with Crippen molar-refractivity contribution in [2.75, 3.05) is 19.6 Å². The molecule has 0 aliphatic carbocycles. The molecule has 2 rings (SSSR count). The quantitative estimate of drug-likeness (QED) is 0.875. The second-order valence-corrected chi connectivity index (χ2v) is 6.39. The van der Waals surface area contributed by atoms with Crippen LogP contribution >= 0.6 is 0 Å². The Morgan fingerprint density at radius 1 is 1.36 bits per heavy atom. The summed E-state index contributed by atoms with van der Waals surface area (Å²) in [5.41, 5.74) is 1.03. The Bertz CT molecular complexity index is 448. The number of piperidine rings is 1. The maximum atomic E-state index is 12.2. The molecule has 122 valence electrons. The number of carbonyl (C=O) groups excluding carboxylic acids is 1. The Labute approximate surface area is 133 Å². The lowest BCUT2D eigenvalue weighted by molar-refractivity contribution is 0.0779. The molecule has 1 aliphatic heterocycles. The van der Waals surface area contributed by atoms with Gasteiger partial charge in [-0.3, -0.25) is 0 Å². The SMILES string of the molecule is CC(C)NCC[C@@H]1CCCN(C(=O)OCc2ccccc2)C1. The van der Waals surface area contributed by atoms with Gasteiger partial charge in [0.1, 0.15) is 6.61 Å². The summed E-state index contributed by atoms with van der Waals surface area (Å²) in [6.07, 6.45) is 3.24. The Balaban J connectivity index is 1.72. The normalized spacial score (nSPS) is 18.5. The van der Waals surface area contributed by atoms with Crippen LogP contribution in [0.25, 0.3) is 0 Å². The third-order valence-electron chi connectivity index (χ3n) is 4.09. The van der Waals surface area contributed by atoms with E-state index in [1.165, 1.54) is 6.42 Å². The zero-order valence-corrected chi connectivity index (χ0v) is 13.8. The van der Waals surface area contributed by atoms with Gasteiger partial charge in [-0.1, -0.05) is 44.2 Å². The summed E-state index contributed by atoms with van der Waals surface area (Å²) in [5, 5.41) is 3.45. The van der Waals surface area contributed by atoms with E-state index in [-0.39, 0.29) is 6.09 Å². The fraction of sp³-hybridized carbons (Fsp3) is 0.611. The van der Waals surface area contributed by atoms with Crippen LogP contribution < -0.4 is 5.32 Å². The summed E-state index contributed by atoms with van der Waals surface area (Å²) >= 11 is 0. The molecule has 0 radical (unpaired) electrons. The first-order valence-electron chi connectivity index (χ1n) is 8.34. The van der Waals surface area contributed by atoms with Crippen LogP contribution in [0.5, 0.6) is 0 Å². The number of nitrogens with zero attached hydrogens (tertiary/aromatic N) is 1. The lowest BCUT2D eigenvalue weighted by Crippen LogP contribution is -2.41. The van der Waals surface area contributed by atoms with Gasteiger partial charge in [-0.05, 0) is 37.3 Å². The van der Waals surface area contributed by atoms with E-state index in [0.29, 0.717) is 18.6 Å². The van der Waals surface area contributed by atoms with Crippen molar-refractivity contribution in [3.63, 3.8) is 0 Å². The van der Waals surface area contributed by atoms with Crippen LogP contribution in [0.15, 0.2) is 30.3 Å². The van der Waals surface area contributed by atoms with E-state index in [4.69, 9.17) is 4.74 Å². The summed E-state index contributed by atoms with van der Waals surface area (Å²) in [7, 11) is 0. The maximum absolute atomic E-state index is 12.2. The minimum absolute atomic E-state index is 0.176. The number of rotatable bonds is 6. The highest BCUT2D eigenvalue weighted by Crippen LogP contribution is 2.20. The Morgan fingerprint density at radius 3 is 2.86 bits per heavy atom. The van der Waals surface area contributed by atoms with Crippen LogP contribution in [0.4, 0.5) is 4.79 Å². The van der Waals surface area contributed by atoms with E-state index in [2.05, 4.69) is 19.2 Å². The minimum atomic E-state index is -0.176. The number of likely N-dealkylation sites (tertiary alicyclic amines) is 1. The molecule has 1 aromatic rings. The fourth-order valence-corrected chi connectivity index (χ4v) is 2.85. The van der Waals surface area contributed by atoms with Crippen LogP contribution in [0.2, 0.25) is 0 Å². The molecule has 0 unspecified atom stereocenters. The van der Waals surface area contributed by atoms with Crippen molar-refractivity contribution >= 4 is 6.09 Å². The first-order chi connectivity index (χ1) is 10.6. The number of carbonyl (C=O) groups is 1. The van der Waals surface area contributed by atoms with Crippen molar-refractivity contribution < 1.29 is 9.53 Å². The number of amides is 1. The molecule has 1 amide bonds. The molecule has 1 saturated heterocycles. The van der Waals surface area contributed by atoms with E-state index in [1.54, 1.807) is 0 Å².